The lowest BCUT2D eigenvalue weighted by Gasteiger charge is -2.23. The summed E-state index contributed by atoms with van der Waals surface area (Å²) in [6.07, 6.45) is 6.88. The third-order valence-electron chi connectivity index (χ3n) is 3.09. The van der Waals surface area contributed by atoms with E-state index in [4.69, 9.17) is 14.2 Å². The first kappa shape index (κ1) is 14.9. The molecule has 1 aliphatic rings. The van der Waals surface area contributed by atoms with Crippen molar-refractivity contribution in [2.45, 2.75) is 38.6 Å². The van der Waals surface area contributed by atoms with Gasteiger partial charge in [0.1, 0.15) is 0 Å². The Kier molecular flexibility index (Phi) is 6.23. The second-order valence-electron chi connectivity index (χ2n) is 4.62. The minimum absolute atomic E-state index is 0.0147. The number of halogens is 1. The third kappa shape index (κ3) is 5.18. The van der Waals surface area contributed by atoms with Crippen LogP contribution in [0.2, 0.25) is 0 Å². The zero-order chi connectivity index (χ0) is 13.5. The van der Waals surface area contributed by atoms with Gasteiger partial charge in [-0.2, -0.15) is 0 Å². The average molecular weight is 330 g/mol. The van der Waals surface area contributed by atoms with E-state index in [2.05, 4.69) is 20.9 Å². The molecule has 0 amide bonds. The van der Waals surface area contributed by atoms with Crippen LogP contribution in [-0.4, -0.2) is 31.1 Å². The maximum absolute atomic E-state index is 5.73. The van der Waals surface area contributed by atoms with E-state index in [-0.39, 0.29) is 12.4 Å². The summed E-state index contributed by atoms with van der Waals surface area (Å²) < 4.78 is 17.8. The summed E-state index contributed by atoms with van der Waals surface area (Å²) in [6.45, 7) is 3.95. The van der Waals surface area contributed by atoms with Crippen LogP contribution in [0.25, 0.3) is 0 Å². The molecule has 1 aromatic heterocycles. The first-order valence-electron chi connectivity index (χ1n) is 6.71. The van der Waals surface area contributed by atoms with E-state index in [1.54, 1.807) is 6.20 Å². The van der Waals surface area contributed by atoms with E-state index >= 15 is 0 Å². The molecule has 1 aromatic rings. The summed E-state index contributed by atoms with van der Waals surface area (Å²) in [5.41, 5.74) is 1.06. The lowest BCUT2D eigenvalue weighted by Crippen LogP contribution is -2.24. The quantitative estimate of drug-likeness (QED) is 0.749. The van der Waals surface area contributed by atoms with Crippen molar-refractivity contribution in [1.29, 1.82) is 0 Å². The molecule has 0 N–H and O–H groups in total. The molecule has 1 saturated heterocycles. The van der Waals surface area contributed by atoms with Crippen molar-refractivity contribution in [1.82, 2.24) is 4.98 Å². The molecule has 2 atom stereocenters. The molecule has 0 aromatic carbocycles. The van der Waals surface area contributed by atoms with E-state index in [1.165, 1.54) is 6.42 Å². The van der Waals surface area contributed by atoms with Crippen LogP contribution in [-0.2, 0) is 14.2 Å². The second-order valence-corrected chi connectivity index (χ2v) is 5.53. The van der Waals surface area contributed by atoms with Crippen molar-refractivity contribution in [2.24, 2.45) is 0 Å². The number of ether oxygens (including phenoxy) is 3. The molecule has 2 heterocycles. The van der Waals surface area contributed by atoms with Gasteiger partial charge in [0.2, 0.25) is 0 Å². The van der Waals surface area contributed by atoms with Crippen LogP contribution >= 0.6 is 15.9 Å². The van der Waals surface area contributed by atoms with Gasteiger partial charge in [-0.25, -0.2) is 0 Å². The highest BCUT2D eigenvalue weighted by Gasteiger charge is 2.14. The Morgan fingerprint density at radius 3 is 3.05 bits per heavy atom. The predicted octanol–water partition coefficient (Wildman–Crippen LogP) is 3.46. The first-order chi connectivity index (χ1) is 9.25. The normalized spacial score (nSPS) is 21.3. The van der Waals surface area contributed by atoms with E-state index in [1.807, 2.05) is 19.2 Å². The van der Waals surface area contributed by atoms with Crippen molar-refractivity contribution >= 4 is 15.9 Å². The molecule has 19 heavy (non-hydrogen) atoms. The van der Waals surface area contributed by atoms with E-state index in [0.29, 0.717) is 13.2 Å². The Labute approximate surface area is 122 Å². The highest BCUT2D eigenvalue weighted by molar-refractivity contribution is 9.10. The number of hydrogen-bond acceptors (Lipinski definition) is 4. The fourth-order valence-electron chi connectivity index (χ4n) is 1.99. The van der Waals surface area contributed by atoms with Crippen molar-refractivity contribution in [2.75, 3.05) is 19.8 Å². The lowest BCUT2D eigenvalue weighted by atomic mass is 10.2. The molecule has 0 bridgehead atoms. The van der Waals surface area contributed by atoms with Gasteiger partial charge in [0, 0.05) is 23.5 Å². The summed E-state index contributed by atoms with van der Waals surface area (Å²) in [4.78, 5) is 4.13. The summed E-state index contributed by atoms with van der Waals surface area (Å²) in [7, 11) is 0. The van der Waals surface area contributed by atoms with Gasteiger partial charge in [0.15, 0.2) is 6.29 Å². The molecule has 1 aliphatic heterocycles. The number of pyridine rings is 1. The smallest absolute Gasteiger partial charge is 0.157 e. The molecule has 0 saturated carbocycles. The zero-order valence-electron chi connectivity index (χ0n) is 11.2. The standard InChI is InChI=1S/C14H20BrNO3/c1-11(12-8-13(15)10-16-9-12)17-6-7-19-14-4-2-3-5-18-14/h8-11,14H,2-7H2,1H3. The number of nitrogens with zero attached hydrogens (tertiary/aromatic N) is 1. The van der Waals surface area contributed by atoms with Gasteiger partial charge in [0.25, 0.3) is 0 Å². The maximum Gasteiger partial charge on any atom is 0.157 e. The highest BCUT2D eigenvalue weighted by Crippen LogP contribution is 2.19. The zero-order valence-corrected chi connectivity index (χ0v) is 12.8. The second kappa shape index (κ2) is 7.94. The Morgan fingerprint density at radius 2 is 2.32 bits per heavy atom. The molecule has 0 aliphatic carbocycles. The van der Waals surface area contributed by atoms with Crippen LogP contribution < -0.4 is 0 Å². The van der Waals surface area contributed by atoms with Gasteiger partial charge in [0.05, 0.1) is 19.3 Å². The van der Waals surface area contributed by atoms with E-state index < -0.39 is 0 Å². The van der Waals surface area contributed by atoms with Crippen LogP contribution in [0.3, 0.4) is 0 Å². The van der Waals surface area contributed by atoms with Gasteiger partial charge >= 0.3 is 0 Å². The van der Waals surface area contributed by atoms with E-state index in [0.717, 1.165) is 29.5 Å². The van der Waals surface area contributed by atoms with Crippen molar-refractivity contribution in [3.8, 4) is 0 Å². The maximum atomic E-state index is 5.73. The van der Waals surface area contributed by atoms with Crippen molar-refractivity contribution in [3.63, 3.8) is 0 Å². The fraction of sp³-hybridized carbons (Fsp3) is 0.643. The van der Waals surface area contributed by atoms with Crippen LogP contribution in [0, 0.1) is 0 Å². The topological polar surface area (TPSA) is 40.6 Å². The van der Waals surface area contributed by atoms with Crippen molar-refractivity contribution < 1.29 is 14.2 Å². The number of rotatable bonds is 6. The van der Waals surface area contributed by atoms with Gasteiger partial charge in [-0.3, -0.25) is 4.98 Å². The SMILES string of the molecule is CC(OCCOC1CCCCO1)c1cncc(Br)c1. The van der Waals surface area contributed by atoms with Crippen LogP contribution in [0.15, 0.2) is 22.9 Å². The Hall–Kier alpha value is -0.490. The minimum Gasteiger partial charge on any atom is -0.371 e. The molecule has 0 spiro atoms. The largest absolute Gasteiger partial charge is 0.371 e. The Bertz CT molecular complexity index is 383. The molecular weight excluding hydrogens is 310 g/mol. The molecule has 106 valence electrons. The molecule has 5 heteroatoms. The van der Waals surface area contributed by atoms with Crippen LogP contribution in [0.5, 0.6) is 0 Å². The summed E-state index contributed by atoms with van der Waals surface area (Å²) in [5.74, 6) is 0. The summed E-state index contributed by atoms with van der Waals surface area (Å²) >= 11 is 3.41. The van der Waals surface area contributed by atoms with Crippen LogP contribution in [0.1, 0.15) is 37.9 Å². The predicted molar refractivity (Wildman–Crippen MR) is 75.8 cm³/mol. The third-order valence-corrected chi connectivity index (χ3v) is 3.52. The molecule has 2 rings (SSSR count). The van der Waals surface area contributed by atoms with Crippen molar-refractivity contribution in [3.05, 3.63) is 28.5 Å². The van der Waals surface area contributed by atoms with Gasteiger partial charge in [-0.15, -0.1) is 0 Å². The Morgan fingerprint density at radius 1 is 1.42 bits per heavy atom. The molecule has 2 unspecified atom stereocenters. The first-order valence-corrected chi connectivity index (χ1v) is 7.50. The monoisotopic (exact) mass is 329 g/mol. The lowest BCUT2D eigenvalue weighted by molar-refractivity contribution is -0.171. The minimum atomic E-state index is -0.0415. The molecule has 0 radical (unpaired) electrons. The molecular formula is C14H20BrNO3. The summed E-state index contributed by atoms with van der Waals surface area (Å²) in [6, 6.07) is 2.02. The average Bonchev–Trinajstić information content (AvgIpc) is 2.44. The highest BCUT2D eigenvalue weighted by atomic mass is 79.9. The molecule has 4 nitrogen and oxygen atoms in total. The number of hydrogen-bond donors (Lipinski definition) is 0. The van der Waals surface area contributed by atoms with Gasteiger partial charge in [-0.1, -0.05) is 0 Å². The van der Waals surface area contributed by atoms with Crippen LogP contribution in [0.4, 0.5) is 0 Å². The summed E-state index contributed by atoms with van der Waals surface area (Å²) in [5, 5.41) is 0. The number of aromatic nitrogens is 1. The fourth-order valence-corrected chi connectivity index (χ4v) is 2.38. The molecule has 1 fully saturated rings. The van der Waals surface area contributed by atoms with Gasteiger partial charge in [-0.05, 0) is 53.7 Å². The van der Waals surface area contributed by atoms with E-state index in [9.17, 15) is 0 Å². The van der Waals surface area contributed by atoms with Gasteiger partial charge < -0.3 is 14.2 Å². The Balaban J connectivity index is 1.64.